The van der Waals surface area contributed by atoms with E-state index in [1.807, 2.05) is 0 Å². The number of hydrogen-bond acceptors (Lipinski definition) is 1. The number of ether oxygens (including phenoxy) is 1. The Kier molecular flexibility index (Phi) is 3.72. The van der Waals surface area contributed by atoms with Gasteiger partial charge in [-0.25, -0.2) is 4.39 Å². The molecule has 1 aliphatic rings. The Morgan fingerprint density at radius 1 is 1.31 bits per heavy atom. The number of halogens is 1. The molecule has 3 unspecified atom stereocenters. The fraction of sp³-hybridized carbons (Fsp3) is 1.00. The Bertz CT molecular complexity index is 156. The number of hydrogen-bond donors (Lipinski definition) is 0. The summed E-state index contributed by atoms with van der Waals surface area (Å²) >= 11 is 0. The molecule has 0 aromatic heterocycles. The van der Waals surface area contributed by atoms with Gasteiger partial charge in [0, 0.05) is 7.11 Å². The highest BCUT2D eigenvalue weighted by Crippen LogP contribution is 2.37. The van der Waals surface area contributed by atoms with Crippen molar-refractivity contribution < 1.29 is 9.13 Å². The average molecular weight is 188 g/mol. The van der Waals surface area contributed by atoms with E-state index in [1.54, 1.807) is 7.11 Å². The van der Waals surface area contributed by atoms with Crippen molar-refractivity contribution >= 4 is 0 Å². The van der Waals surface area contributed by atoms with Gasteiger partial charge in [-0.15, -0.1) is 0 Å². The molecule has 0 radical (unpaired) electrons. The topological polar surface area (TPSA) is 9.23 Å². The molecule has 0 aromatic rings. The summed E-state index contributed by atoms with van der Waals surface area (Å²) in [6, 6.07) is 0. The molecule has 78 valence electrons. The lowest BCUT2D eigenvalue weighted by Gasteiger charge is -2.39. The van der Waals surface area contributed by atoms with Crippen LogP contribution in [0.4, 0.5) is 4.39 Å². The zero-order valence-electron chi connectivity index (χ0n) is 9.09. The molecule has 13 heavy (non-hydrogen) atoms. The Morgan fingerprint density at radius 3 is 2.38 bits per heavy atom. The molecule has 0 aromatic carbocycles. The van der Waals surface area contributed by atoms with E-state index < -0.39 is 6.17 Å². The number of rotatable bonds is 2. The molecular weight excluding hydrogens is 167 g/mol. The third-order valence-corrected chi connectivity index (χ3v) is 3.45. The van der Waals surface area contributed by atoms with Crippen molar-refractivity contribution in [1.82, 2.24) is 0 Å². The summed E-state index contributed by atoms with van der Waals surface area (Å²) < 4.78 is 18.6. The smallest absolute Gasteiger partial charge is 0.126 e. The van der Waals surface area contributed by atoms with E-state index in [4.69, 9.17) is 4.74 Å². The van der Waals surface area contributed by atoms with Crippen molar-refractivity contribution in [1.29, 1.82) is 0 Å². The summed E-state index contributed by atoms with van der Waals surface area (Å²) in [5.41, 5.74) is 0. The second-order valence-electron chi connectivity index (χ2n) is 4.56. The maximum atomic E-state index is 13.4. The second kappa shape index (κ2) is 4.41. The third-order valence-electron chi connectivity index (χ3n) is 3.45. The lowest BCUT2D eigenvalue weighted by molar-refractivity contribution is -0.0597. The van der Waals surface area contributed by atoms with E-state index in [-0.39, 0.29) is 6.10 Å². The molecular formula is C11H21FO. The SMILES string of the molecule is COC1C(F)CCC(C(C)C)[C@@H]1C. The zero-order chi connectivity index (χ0) is 10.0. The predicted molar refractivity (Wildman–Crippen MR) is 52.4 cm³/mol. The number of alkyl halides is 1. The minimum absolute atomic E-state index is 0.179. The summed E-state index contributed by atoms with van der Waals surface area (Å²) in [5.74, 6) is 1.62. The minimum atomic E-state index is -0.755. The molecule has 0 amide bonds. The van der Waals surface area contributed by atoms with Crippen LogP contribution in [0.1, 0.15) is 33.6 Å². The molecule has 0 aliphatic heterocycles. The molecule has 1 nitrogen and oxygen atoms in total. The first-order valence-electron chi connectivity index (χ1n) is 5.24. The summed E-state index contributed by atoms with van der Waals surface area (Å²) in [6.07, 6.45) is 0.752. The first-order chi connectivity index (χ1) is 6.07. The maximum absolute atomic E-state index is 13.4. The molecule has 1 aliphatic carbocycles. The predicted octanol–water partition coefficient (Wildman–Crippen LogP) is 3.04. The average Bonchev–Trinajstić information content (AvgIpc) is 2.04. The molecule has 0 spiro atoms. The Balaban J connectivity index is 2.63. The molecule has 1 saturated carbocycles. The van der Waals surface area contributed by atoms with Crippen molar-refractivity contribution in [2.45, 2.75) is 45.9 Å². The molecule has 2 heteroatoms. The Labute approximate surface area is 80.7 Å². The normalized spacial score (nSPS) is 41.1. The second-order valence-corrected chi connectivity index (χ2v) is 4.56. The van der Waals surface area contributed by atoms with Crippen molar-refractivity contribution in [3.63, 3.8) is 0 Å². The highest BCUT2D eigenvalue weighted by Gasteiger charge is 2.38. The zero-order valence-corrected chi connectivity index (χ0v) is 9.09. The van der Waals surface area contributed by atoms with Crippen molar-refractivity contribution in [3.05, 3.63) is 0 Å². The van der Waals surface area contributed by atoms with Crippen LogP contribution in [-0.2, 0) is 4.74 Å². The summed E-state index contributed by atoms with van der Waals surface area (Å²) in [7, 11) is 1.62. The van der Waals surface area contributed by atoms with Gasteiger partial charge in [-0.05, 0) is 30.6 Å². The van der Waals surface area contributed by atoms with Gasteiger partial charge in [-0.1, -0.05) is 20.8 Å². The van der Waals surface area contributed by atoms with E-state index in [2.05, 4.69) is 20.8 Å². The molecule has 0 N–H and O–H groups in total. The van der Waals surface area contributed by atoms with Crippen LogP contribution in [0.2, 0.25) is 0 Å². The fourth-order valence-electron chi connectivity index (χ4n) is 2.65. The van der Waals surface area contributed by atoms with Gasteiger partial charge in [0.25, 0.3) is 0 Å². The van der Waals surface area contributed by atoms with Crippen molar-refractivity contribution in [2.75, 3.05) is 7.11 Å². The molecule has 0 heterocycles. The van der Waals surface area contributed by atoms with Crippen LogP contribution in [0.5, 0.6) is 0 Å². The maximum Gasteiger partial charge on any atom is 0.126 e. The standard InChI is InChI=1S/C11H21FO/c1-7(2)9-5-6-10(12)11(13-4)8(9)3/h7-11H,5-6H2,1-4H3/t8-,9?,10?,11?/m0/s1. The van der Waals surface area contributed by atoms with Gasteiger partial charge in [0.2, 0.25) is 0 Å². The van der Waals surface area contributed by atoms with Crippen molar-refractivity contribution in [2.24, 2.45) is 17.8 Å². The van der Waals surface area contributed by atoms with Gasteiger partial charge in [-0.3, -0.25) is 0 Å². The van der Waals surface area contributed by atoms with Crippen LogP contribution < -0.4 is 0 Å². The van der Waals surface area contributed by atoms with Crippen LogP contribution in [0.15, 0.2) is 0 Å². The van der Waals surface area contributed by atoms with Gasteiger partial charge in [-0.2, -0.15) is 0 Å². The molecule has 0 saturated heterocycles. The molecule has 1 fully saturated rings. The molecule has 1 rings (SSSR count). The van der Waals surface area contributed by atoms with Crippen LogP contribution >= 0.6 is 0 Å². The minimum Gasteiger partial charge on any atom is -0.378 e. The first-order valence-corrected chi connectivity index (χ1v) is 5.24. The van der Waals surface area contributed by atoms with Crippen LogP contribution in [0.3, 0.4) is 0 Å². The first kappa shape index (κ1) is 11.0. The summed E-state index contributed by atoms with van der Waals surface area (Å²) in [5, 5.41) is 0. The molecule has 4 atom stereocenters. The Hall–Kier alpha value is -0.110. The van der Waals surface area contributed by atoms with E-state index in [1.165, 1.54) is 0 Å². The van der Waals surface area contributed by atoms with Crippen molar-refractivity contribution in [3.8, 4) is 0 Å². The summed E-state index contributed by atoms with van der Waals surface area (Å²) in [6.45, 7) is 6.55. The summed E-state index contributed by atoms with van der Waals surface area (Å²) in [4.78, 5) is 0. The molecule has 0 bridgehead atoms. The lowest BCUT2D eigenvalue weighted by Crippen LogP contribution is -2.41. The van der Waals surface area contributed by atoms with Crippen LogP contribution in [0, 0.1) is 17.8 Å². The largest absolute Gasteiger partial charge is 0.378 e. The van der Waals surface area contributed by atoms with Gasteiger partial charge in [0.1, 0.15) is 6.17 Å². The van der Waals surface area contributed by atoms with E-state index >= 15 is 0 Å². The third kappa shape index (κ3) is 2.22. The highest BCUT2D eigenvalue weighted by molar-refractivity contribution is 4.87. The van der Waals surface area contributed by atoms with Gasteiger partial charge < -0.3 is 4.74 Å². The highest BCUT2D eigenvalue weighted by atomic mass is 19.1. The number of methoxy groups -OCH3 is 1. The monoisotopic (exact) mass is 188 g/mol. The quantitative estimate of drug-likeness (QED) is 0.647. The van der Waals surface area contributed by atoms with Crippen LogP contribution in [0.25, 0.3) is 0 Å². The van der Waals surface area contributed by atoms with E-state index in [0.717, 1.165) is 6.42 Å². The fourth-order valence-corrected chi connectivity index (χ4v) is 2.65. The van der Waals surface area contributed by atoms with Gasteiger partial charge >= 0.3 is 0 Å². The van der Waals surface area contributed by atoms with E-state index in [0.29, 0.717) is 24.2 Å². The van der Waals surface area contributed by atoms with Gasteiger partial charge in [0.15, 0.2) is 0 Å². The van der Waals surface area contributed by atoms with E-state index in [9.17, 15) is 4.39 Å². The Morgan fingerprint density at radius 2 is 1.92 bits per heavy atom. The lowest BCUT2D eigenvalue weighted by atomic mass is 9.72. The van der Waals surface area contributed by atoms with Gasteiger partial charge in [0.05, 0.1) is 6.10 Å². The van der Waals surface area contributed by atoms with Crippen LogP contribution in [-0.4, -0.2) is 19.4 Å².